The lowest BCUT2D eigenvalue weighted by Gasteiger charge is -2.22. The van der Waals surface area contributed by atoms with E-state index in [1.807, 2.05) is 12.1 Å². The van der Waals surface area contributed by atoms with Gasteiger partial charge in [-0.2, -0.15) is 0 Å². The molecule has 1 aromatic carbocycles. The van der Waals surface area contributed by atoms with Gasteiger partial charge in [-0.25, -0.2) is 4.79 Å². The lowest BCUT2D eigenvalue weighted by molar-refractivity contribution is 0.191. The third-order valence-electron chi connectivity index (χ3n) is 3.15. The first-order valence-corrected chi connectivity index (χ1v) is 7.34. The van der Waals surface area contributed by atoms with E-state index in [1.165, 1.54) is 0 Å². The molecule has 0 aliphatic carbocycles. The fourth-order valence-electron chi connectivity index (χ4n) is 1.74. The average Bonchev–Trinajstić information content (AvgIpc) is 2.44. The zero-order valence-corrected chi connectivity index (χ0v) is 13.1. The smallest absolute Gasteiger partial charge is 0.317 e. The normalized spacial score (nSPS) is 10.4. The molecule has 1 rings (SSSR count). The number of likely N-dealkylation sites (N-methyl/N-ethyl adjacent to an activating group) is 1. The Morgan fingerprint density at radius 2 is 2.10 bits per heavy atom. The van der Waals surface area contributed by atoms with E-state index in [2.05, 4.69) is 19.2 Å². The molecular weight excluding hydrogens is 276 g/mol. The average molecular weight is 299 g/mol. The van der Waals surface area contributed by atoms with Crippen molar-refractivity contribution in [2.45, 2.75) is 32.7 Å². The molecule has 0 atom stereocenters. The van der Waals surface area contributed by atoms with Crippen LogP contribution in [-0.4, -0.2) is 37.2 Å². The summed E-state index contributed by atoms with van der Waals surface area (Å²) < 4.78 is 5.56. The second-order valence-corrected chi connectivity index (χ2v) is 5.13. The van der Waals surface area contributed by atoms with Crippen molar-refractivity contribution in [3.05, 3.63) is 29.3 Å². The van der Waals surface area contributed by atoms with Gasteiger partial charge >= 0.3 is 6.03 Å². The maximum absolute atomic E-state index is 11.9. The predicted octanol–water partition coefficient (Wildman–Crippen LogP) is 3.55. The Morgan fingerprint density at radius 3 is 2.70 bits per heavy atom. The molecule has 0 aliphatic heterocycles. The van der Waals surface area contributed by atoms with Gasteiger partial charge in [-0.3, -0.25) is 0 Å². The molecule has 0 radical (unpaired) electrons. The number of rotatable bonds is 7. The molecular formula is C15H23ClN2O2. The first kappa shape index (κ1) is 16.6. The molecule has 1 N–H and O–H groups in total. The maximum atomic E-state index is 11.9. The van der Waals surface area contributed by atoms with E-state index >= 15 is 0 Å². The van der Waals surface area contributed by atoms with Gasteiger partial charge in [0.05, 0.1) is 6.54 Å². The Morgan fingerprint density at radius 1 is 1.40 bits per heavy atom. The molecule has 112 valence electrons. The summed E-state index contributed by atoms with van der Waals surface area (Å²) >= 11 is 5.87. The van der Waals surface area contributed by atoms with Crippen molar-refractivity contribution >= 4 is 17.6 Å². The SMILES string of the molecule is CCC(CC)NC(=O)N(C)CCOc1cccc(Cl)c1. The van der Waals surface area contributed by atoms with E-state index in [-0.39, 0.29) is 12.1 Å². The predicted molar refractivity (Wildman–Crippen MR) is 82.5 cm³/mol. The molecule has 0 fully saturated rings. The maximum Gasteiger partial charge on any atom is 0.317 e. The lowest BCUT2D eigenvalue weighted by atomic mass is 10.2. The quantitative estimate of drug-likeness (QED) is 0.836. The molecule has 4 nitrogen and oxygen atoms in total. The van der Waals surface area contributed by atoms with Crippen LogP contribution in [0.25, 0.3) is 0 Å². The van der Waals surface area contributed by atoms with Crippen LogP contribution in [0.15, 0.2) is 24.3 Å². The Hall–Kier alpha value is -1.42. The molecule has 20 heavy (non-hydrogen) atoms. The summed E-state index contributed by atoms with van der Waals surface area (Å²) in [5.41, 5.74) is 0. The van der Waals surface area contributed by atoms with Crippen molar-refractivity contribution in [2.24, 2.45) is 0 Å². The molecule has 2 amide bonds. The lowest BCUT2D eigenvalue weighted by Crippen LogP contribution is -2.43. The third kappa shape index (κ3) is 5.70. The van der Waals surface area contributed by atoms with Crippen LogP contribution in [0.4, 0.5) is 4.79 Å². The third-order valence-corrected chi connectivity index (χ3v) is 3.39. The molecule has 0 saturated heterocycles. The molecule has 0 saturated carbocycles. The molecule has 1 aromatic rings. The van der Waals surface area contributed by atoms with Gasteiger partial charge in [-0.1, -0.05) is 31.5 Å². The number of halogens is 1. The zero-order valence-electron chi connectivity index (χ0n) is 12.4. The van der Waals surface area contributed by atoms with Gasteiger partial charge < -0.3 is 15.0 Å². The van der Waals surface area contributed by atoms with Gasteiger partial charge in [0.2, 0.25) is 0 Å². The van der Waals surface area contributed by atoms with Crippen molar-refractivity contribution in [1.29, 1.82) is 0 Å². The highest BCUT2D eigenvalue weighted by Gasteiger charge is 2.12. The fraction of sp³-hybridized carbons (Fsp3) is 0.533. The summed E-state index contributed by atoms with van der Waals surface area (Å²) in [7, 11) is 1.76. The van der Waals surface area contributed by atoms with Gasteiger partial charge in [-0.15, -0.1) is 0 Å². The highest BCUT2D eigenvalue weighted by atomic mass is 35.5. The highest BCUT2D eigenvalue weighted by Crippen LogP contribution is 2.16. The molecule has 0 unspecified atom stereocenters. The molecule has 0 spiro atoms. The van der Waals surface area contributed by atoms with Crippen LogP contribution in [0.2, 0.25) is 5.02 Å². The number of urea groups is 1. The molecule has 0 bridgehead atoms. The topological polar surface area (TPSA) is 41.6 Å². The van der Waals surface area contributed by atoms with Gasteiger partial charge in [0.15, 0.2) is 0 Å². The summed E-state index contributed by atoms with van der Waals surface area (Å²) in [6, 6.07) is 7.40. The molecule has 0 heterocycles. The monoisotopic (exact) mass is 298 g/mol. The minimum absolute atomic E-state index is 0.0617. The van der Waals surface area contributed by atoms with E-state index in [4.69, 9.17) is 16.3 Å². The minimum Gasteiger partial charge on any atom is -0.492 e. The van der Waals surface area contributed by atoms with E-state index in [1.54, 1.807) is 24.1 Å². The Labute approximate surface area is 126 Å². The van der Waals surface area contributed by atoms with E-state index in [9.17, 15) is 4.79 Å². The van der Waals surface area contributed by atoms with Crippen LogP contribution in [-0.2, 0) is 0 Å². The van der Waals surface area contributed by atoms with Crippen molar-refractivity contribution in [1.82, 2.24) is 10.2 Å². The van der Waals surface area contributed by atoms with Crippen LogP contribution in [0, 0.1) is 0 Å². The number of benzene rings is 1. The van der Waals surface area contributed by atoms with Gasteiger partial charge in [0.1, 0.15) is 12.4 Å². The van der Waals surface area contributed by atoms with Crippen LogP contribution in [0.1, 0.15) is 26.7 Å². The highest BCUT2D eigenvalue weighted by molar-refractivity contribution is 6.30. The van der Waals surface area contributed by atoms with E-state index < -0.39 is 0 Å². The second kappa shape index (κ2) is 8.69. The standard InChI is InChI=1S/C15H23ClN2O2/c1-4-13(5-2)17-15(19)18(3)9-10-20-14-8-6-7-12(16)11-14/h6-8,11,13H,4-5,9-10H2,1-3H3,(H,17,19). The number of nitrogens with zero attached hydrogens (tertiary/aromatic N) is 1. The number of hydrogen-bond donors (Lipinski definition) is 1. The van der Waals surface area contributed by atoms with Crippen molar-refractivity contribution in [3.8, 4) is 5.75 Å². The van der Waals surface area contributed by atoms with Gasteiger partial charge in [0, 0.05) is 18.1 Å². The number of amides is 2. The summed E-state index contributed by atoms with van der Waals surface area (Å²) in [5.74, 6) is 0.714. The largest absolute Gasteiger partial charge is 0.492 e. The number of carbonyl (C=O) groups excluding carboxylic acids is 1. The van der Waals surface area contributed by atoms with Crippen LogP contribution >= 0.6 is 11.6 Å². The molecule has 5 heteroatoms. The summed E-state index contributed by atoms with van der Waals surface area (Å²) in [4.78, 5) is 13.5. The van der Waals surface area contributed by atoms with Gasteiger partial charge in [-0.05, 0) is 31.0 Å². The first-order valence-electron chi connectivity index (χ1n) is 6.96. The Kier molecular flexibility index (Phi) is 7.23. The van der Waals surface area contributed by atoms with Gasteiger partial charge in [0.25, 0.3) is 0 Å². The Bertz CT molecular complexity index is 422. The fourth-order valence-corrected chi connectivity index (χ4v) is 1.92. The minimum atomic E-state index is -0.0617. The number of hydrogen-bond acceptors (Lipinski definition) is 2. The zero-order chi connectivity index (χ0) is 15.0. The van der Waals surface area contributed by atoms with E-state index in [0.29, 0.717) is 23.9 Å². The number of carbonyl (C=O) groups is 1. The van der Waals surface area contributed by atoms with Crippen LogP contribution in [0.3, 0.4) is 0 Å². The van der Waals surface area contributed by atoms with Crippen molar-refractivity contribution in [3.63, 3.8) is 0 Å². The Balaban J connectivity index is 2.32. The first-order chi connectivity index (χ1) is 9.56. The van der Waals surface area contributed by atoms with Crippen LogP contribution in [0.5, 0.6) is 5.75 Å². The van der Waals surface area contributed by atoms with Crippen LogP contribution < -0.4 is 10.1 Å². The number of nitrogens with one attached hydrogen (secondary N) is 1. The second-order valence-electron chi connectivity index (χ2n) is 4.69. The molecule has 0 aliphatic rings. The van der Waals surface area contributed by atoms with Crippen molar-refractivity contribution < 1.29 is 9.53 Å². The van der Waals surface area contributed by atoms with Crippen molar-refractivity contribution in [2.75, 3.05) is 20.2 Å². The summed E-state index contributed by atoms with van der Waals surface area (Å²) in [6.07, 6.45) is 1.88. The summed E-state index contributed by atoms with van der Waals surface area (Å²) in [5, 5.41) is 3.63. The molecule has 0 aromatic heterocycles. The number of ether oxygens (including phenoxy) is 1. The van der Waals surface area contributed by atoms with E-state index in [0.717, 1.165) is 12.8 Å². The summed E-state index contributed by atoms with van der Waals surface area (Å²) in [6.45, 7) is 5.10.